The van der Waals surface area contributed by atoms with Crippen LogP contribution in [0.1, 0.15) is 18.1 Å². The number of allylic oxidation sites excluding steroid dienone is 1. The summed E-state index contributed by atoms with van der Waals surface area (Å²) in [6, 6.07) is 35.0. The highest BCUT2D eigenvalue weighted by atomic mass is 14.2. The lowest BCUT2D eigenvalue weighted by Gasteiger charge is -2.14. The molecule has 4 aromatic rings. The summed E-state index contributed by atoms with van der Waals surface area (Å²) in [5, 5.41) is 0. The summed E-state index contributed by atoms with van der Waals surface area (Å²) in [6.07, 6.45) is 3.36. The van der Waals surface area contributed by atoms with Crippen molar-refractivity contribution in [3.63, 3.8) is 0 Å². The van der Waals surface area contributed by atoms with Crippen molar-refractivity contribution in [1.82, 2.24) is 0 Å². The van der Waals surface area contributed by atoms with Crippen LogP contribution in [0.25, 0.3) is 39.5 Å². The van der Waals surface area contributed by atoms with Gasteiger partial charge in [0, 0.05) is 0 Å². The van der Waals surface area contributed by atoms with Crippen molar-refractivity contribution in [3.8, 4) is 33.4 Å². The Hall–Kier alpha value is -3.38. The van der Waals surface area contributed by atoms with E-state index in [1.54, 1.807) is 0 Å². The van der Waals surface area contributed by atoms with Gasteiger partial charge in [-0.15, -0.1) is 0 Å². The van der Waals surface area contributed by atoms with Crippen LogP contribution < -0.4 is 0 Å². The second-order valence-electron chi connectivity index (χ2n) is 7.57. The molecule has 0 fully saturated rings. The monoisotopic (exact) mass is 358 g/mol. The number of rotatable bonds is 3. The Kier molecular flexibility index (Phi) is 4.18. The Morgan fingerprint density at radius 3 is 1.71 bits per heavy atom. The van der Waals surface area contributed by atoms with Crippen LogP contribution in [0.4, 0.5) is 0 Å². The normalized spacial score (nSPS) is 12.5. The highest BCUT2D eigenvalue weighted by Gasteiger charge is 2.16. The van der Waals surface area contributed by atoms with Crippen molar-refractivity contribution in [3.05, 3.63) is 114 Å². The standard InChI is InChI=1S/C28H22/c1-20-15-23-13-8-14-27(28(23)16-20)26-18-24(21-9-4-2-5-10-21)17-25(19-26)22-11-6-3-7-12-22/h2-15,17-19H,16H2,1H3. The van der Waals surface area contributed by atoms with Crippen LogP contribution in [0, 0.1) is 0 Å². The van der Waals surface area contributed by atoms with Gasteiger partial charge in [0.25, 0.3) is 0 Å². The first-order valence-corrected chi connectivity index (χ1v) is 9.83. The lowest BCUT2D eigenvalue weighted by atomic mass is 9.90. The molecule has 4 aromatic carbocycles. The van der Waals surface area contributed by atoms with Crippen molar-refractivity contribution in [2.75, 3.05) is 0 Å². The molecule has 1 aliphatic rings. The topological polar surface area (TPSA) is 0 Å². The van der Waals surface area contributed by atoms with E-state index in [9.17, 15) is 0 Å². The number of benzene rings is 4. The van der Waals surface area contributed by atoms with Crippen molar-refractivity contribution >= 4 is 6.08 Å². The molecular weight excluding hydrogens is 336 g/mol. The van der Waals surface area contributed by atoms with E-state index in [-0.39, 0.29) is 0 Å². The van der Waals surface area contributed by atoms with E-state index in [1.807, 2.05) is 0 Å². The van der Waals surface area contributed by atoms with Crippen LogP contribution in [0.2, 0.25) is 0 Å². The maximum atomic E-state index is 2.34. The van der Waals surface area contributed by atoms with E-state index in [2.05, 4.69) is 110 Å². The molecule has 134 valence electrons. The summed E-state index contributed by atoms with van der Waals surface area (Å²) in [6.45, 7) is 2.22. The fraction of sp³-hybridized carbons (Fsp3) is 0.0714. The number of hydrogen-bond donors (Lipinski definition) is 0. The average molecular weight is 358 g/mol. The van der Waals surface area contributed by atoms with Crippen LogP contribution in [0.3, 0.4) is 0 Å². The van der Waals surface area contributed by atoms with Gasteiger partial charge in [-0.2, -0.15) is 0 Å². The smallest absolute Gasteiger partial charge is 0.00544 e. The highest BCUT2D eigenvalue weighted by molar-refractivity contribution is 5.84. The molecule has 0 N–H and O–H groups in total. The molecule has 0 spiro atoms. The molecule has 0 amide bonds. The van der Waals surface area contributed by atoms with Gasteiger partial charge in [0.1, 0.15) is 0 Å². The summed E-state index contributed by atoms with van der Waals surface area (Å²) >= 11 is 0. The van der Waals surface area contributed by atoms with Gasteiger partial charge in [0.2, 0.25) is 0 Å². The zero-order valence-electron chi connectivity index (χ0n) is 16.0. The van der Waals surface area contributed by atoms with E-state index >= 15 is 0 Å². The summed E-state index contributed by atoms with van der Waals surface area (Å²) in [5.74, 6) is 0. The SMILES string of the molecule is CC1=Cc2cccc(-c3cc(-c4ccccc4)cc(-c4ccccc4)c3)c2C1. The lowest BCUT2D eigenvalue weighted by Crippen LogP contribution is -1.91. The third-order valence-electron chi connectivity index (χ3n) is 5.53. The molecule has 0 heterocycles. The van der Waals surface area contributed by atoms with E-state index in [1.165, 1.54) is 50.1 Å². The number of hydrogen-bond acceptors (Lipinski definition) is 0. The molecule has 0 atom stereocenters. The van der Waals surface area contributed by atoms with Gasteiger partial charge in [0.15, 0.2) is 0 Å². The molecule has 0 unspecified atom stereocenters. The maximum absolute atomic E-state index is 2.34. The predicted molar refractivity (Wildman–Crippen MR) is 120 cm³/mol. The van der Waals surface area contributed by atoms with Crippen molar-refractivity contribution in [1.29, 1.82) is 0 Å². The van der Waals surface area contributed by atoms with Crippen LogP contribution in [-0.4, -0.2) is 0 Å². The second-order valence-corrected chi connectivity index (χ2v) is 7.57. The minimum absolute atomic E-state index is 1.04. The van der Waals surface area contributed by atoms with E-state index in [0.717, 1.165) is 6.42 Å². The van der Waals surface area contributed by atoms with Crippen LogP contribution in [0.15, 0.2) is 103 Å². The molecule has 5 rings (SSSR count). The highest BCUT2D eigenvalue weighted by Crippen LogP contribution is 2.38. The third kappa shape index (κ3) is 3.08. The van der Waals surface area contributed by atoms with Gasteiger partial charge < -0.3 is 0 Å². The fourth-order valence-corrected chi connectivity index (χ4v) is 4.18. The maximum Gasteiger partial charge on any atom is -0.00544 e. The van der Waals surface area contributed by atoms with Crippen LogP contribution >= 0.6 is 0 Å². The van der Waals surface area contributed by atoms with Gasteiger partial charge in [-0.3, -0.25) is 0 Å². The molecule has 0 nitrogen and oxygen atoms in total. The molecule has 0 aromatic heterocycles. The summed E-state index contributed by atoms with van der Waals surface area (Å²) in [7, 11) is 0. The predicted octanol–water partition coefficient (Wildman–Crippen LogP) is 7.65. The Balaban J connectivity index is 1.72. The molecule has 0 bridgehead atoms. The lowest BCUT2D eigenvalue weighted by molar-refractivity contribution is 1.20. The van der Waals surface area contributed by atoms with Crippen LogP contribution in [-0.2, 0) is 6.42 Å². The first-order chi connectivity index (χ1) is 13.8. The molecule has 0 radical (unpaired) electrons. The Labute approximate surface area is 166 Å². The van der Waals surface area contributed by atoms with Gasteiger partial charge >= 0.3 is 0 Å². The summed E-state index contributed by atoms with van der Waals surface area (Å²) < 4.78 is 0. The molecule has 1 aliphatic carbocycles. The molecule has 0 heteroatoms. The first kappa shape index (κ1) is 16.8. The van der Waals surface area contributed by atoms with Crippen LogP contribution in [0.5, 0.6) is 0 Å². The largest absolute Gasteiger partial charge is 0.0683 e. The molecule has 28 heavy (non-hydrogen) atoms. The zero-order chi connectivity index (χ0) is 18.9. The van der Waals surface area contributed by atoms with Crippen molar-refractivity contribution < 1.29 is 0 Å². The van der Waals surface area contributed by atoms with Crippen molar-refractivity contribution in [2.45, 2.75) is 13.3 Å². The first-order valence-electron chi connectivity index (χ1n) is 9.83. The minimum atomic E-state index is 1.04. The quantitative estimate of drug-likeness (QED) is 0.353. The molecule has 0 saturated heterocycles. The van der Waals surface area contributed by atoms with E-state index in [0.29, 0.717) is 0 Å². The molecule has 0 aliphatic heterocycles. The fourth-order valence-electron chi connectivity index (χ4n) is 4.18. The zero-order valence-corrected chi connectivity index (χ0v) is 16.0. The number of fused-ring (bicyclic) bond motifs is 1. The van der Waals surface area contributed by atoms with Gasteiger partial charge in [0.05, 0.1) is 0 Å². The molecular formula is C28H22. The van der Waals surface area contributed by atoms with Gasteiger partial charge in [-0.1, -0.05) is 90.5 Å². The summed E-state index contributed by atoms with van der Waals surface area (Å²) in [5.41, 5.74) is 11.9. The average Bonchev–Trinajstić information content (AvgIpc) is 3.15. The Morgan fingerprint density at radius 1 is 0.536 bits per heavy atom. The van der Waals surface area contributed by atoms with Crippen molar-refractivity contribution in [2.24, 2.45) is 0 Å². The van der Waals surface area contributed by atoms with E-state index < -0.39 is 0 Å². The minimum Gasteiger partial charge on any atom is -0.0683 e. The van der Waals surface area contributed by atoms with Gasteiger partial charge in [-0.05, 0) is 76.1 Å². The Bertz CT molecular complexity index is 1110. The summed E-state index contributed by atoms with van der Waals surface area (Å²) in [4.78, 5) is 0. The van der Waals surface area contributed by atoms with Gasteiger partial charge in [-0.25, -0.2) is 0 Å². The van der Waals surface area contributed by atoms with E-state index in [4.69, 9.17) is 0 Å². The third-order valence-corrected chi connectivity index (χ3v) is 5.53. The Morgan fingerprint density at radius 2 is 1.11 bits per heavy atom. The molecule has 0 saturated carbocycles. The second kappa shape index (κ2) is 6.98.